The Labute approximate surface area is 156 Å². The Morgan fingerprint density at radius 2 is 2.07 bits per heavy atom. The number of aromatic nitrogens is 1. The zero-order valence-electron chi connectivity index (χ0n) is 13.6. The first-order valence-electron chi connectivity index (χ1n) is 7.48. The van der Waals surface area contributed by atoms with E-state index >= 15 is 0 Å². The Morgan fingerprint density at radius 1 is 1.37 bits per heavy atom. The number of nitrogens with zero attached hydrogens (tertiary/aromatic N) is 2. The second kappa shape index (κ2) is 8.57. The highest BCUT2D eigenvalue weighted by Gasteiger charge is 2.32. The number of para-hydroxylation sites is 1. The summed E-state index contributed by atoms with van der Waals surface area (Å²) in [5.41, 5.74) is 5.14. The van der Waals surface area contributed by atoms with Crippen molar-refractivity contribution in [2.45, 2.75) is 18.4 Å². The number of nitroso groups, excluding NO2 is 1. The molecule has 13 heteroatoms. The van der Waals surface area contributed by atoms with Crippen LogP contribution in [0.1, 0.15) is 27.7 Å². The van der Waals surface area contributed by atoms with Gasteiger partial charge in [-0.1, -0.05) is 12.1 Å². The van der Waals surface area contributed by atoms with Crippen LogP contribution in [0, 0.1) is 4.91 Å². The van der Waals surface area contributed by atoms with Gasteiger partial charge in [0.2, 0.25) is 6.04 Å². The summed E-state index contributed by atoms with van der Waals surface area (Å²) in [7, 11) is -2.06. The minimum absolute atomic E-state index is 0.00639. The monoisotopic (exact) mass is 394 g/mol. The van der Waals surface area contributed by atoms with Gasteiger partial charge < -0.3 is 31.3 Å². The lowest BCUT2D eigenvalue weighted by Crippen LogP contribution is -2.49. The van der Waals surface area contributed by atoms with E-state index in [1.165, 1.54) is 23.6 Å². The van der Waals surface area contributed by atoms with Crippen molar-refractivity contribution in [1.29, 1.82) is 0 Å². The van der Waals surface area contributed by atoms with Gasteiger partial charge in [0.15, 0.2) is 5.13 Å². The van der Waals surface area contributed by atoms with Gasteiger partial charge in [-0.05, 0) is 23.2 Å². The minimum Gasteiger partial charge on any atom is -0.507 e. The first-order valence-corrected chi connectivity index (χ1v) is 8.36. The first-order chi connectivity index (χ1) is 12.7. The van der Waals surface area contributed by atoms with Crippen molar-refractivity contribution in [3.05, 3.63) is 45.3 Å². The summed E-state index contributed by atoms with van der Waals surface area (Å²) in [6.07, 6.45) is -0.318. The summed E-state index contributed by atoms with van der Waals surface area (Å²) in [4.78, 5) is 38.2. The summed E-state index contributed by atoms with van der Waals surface area (Å²) < 4.78 is 0. The molecule has 0 saturated heterocycles. The zero-order valence-corrected chi connectivity index (χ0v) is 14.5. The lowest BCUT2D eigenvalue weighted by Gasteiger charge is -2.20. The predicted molar refractivity (Wildman–Crippen MR) is 96.0 cm³/mol. The van der Waals surface area contributed by atoms with E-state index in [9.17, 15) is 29.7 Å². The number of amides is 1. The number of thiazole rings is 1. The van der Waals surface area contributed by atoms with E-state index in [0.717, 1.165) is 11.3 Å². The quantitative estimate of drug-likeness (QED) is 0.257. The smallest absolute Gasteiger partial charge is 0.475 e. The van der Waals surface area contributed by atoms with E-state index in [-0.39, 0.29) is 28.4 Å². The molecular formula is C14H15BN4O7S. The van der Waals surface area contributed by atoms with Crippen LogP contribution in [0.25, 0.3) is 0 Å². The van der Waals surface area contributed by atoms with Crippen molar-refractivity contribution in [2.75, 3.05) is 5.73 Å². The first kappa shape index (κ1) is 20.3. The number of carbonyl (C=O) groups excluding carboxylic acids is 1. The highest BCUT2D eigenvalue weighted by molar-refractivity contribution is 7.13. The van der Waals surface area contributed by atoms with E-state index in [1.54, 1.807) is 0 Å². The van der Waals surface area contributed by atoms with Gasteiger partial charge in [0, 0.05) is 5.38 Å². The molecule has 0 fully saturated rings. The highest BCUT2D eigenvalue weighted by Crippen LogP contribution is 2.25. The van der Waals surface area contributed by atoms with Crippen LogP contribution in [0.2, 0.25) is 0 Å². The minimum atomic E-state index is -2.06. The van der Waals surface area contributed by atoms with Crippen molar-refractivity contribution in [2.24, 2.45) is 5.18 Å². The van der Waals surface area contributed by atoms with Gasteiger partial charge in [0.05, 0.1) is 11.6 Å². The number of benzene rings is 1. The molecule has 0 spiro atoms. The van der Waals surface area contributed by atoms with Crippen LogP contribution in [0.5, 0.6) is 5.75 Å². The van der Waals surface area contributed by atoms with Gasteiger partial charge in [-0.15, -0.1) is 16.2 Å². The standard InChI is InChI=1S/C14H15BN4O7S/c16-14-17-8(5-27-14)10(19-26)12(21)18-9(15(24)25)4-6-2-1-3-7(11(6)20)13(22)23/h1-3,5,9-10,20,24-25H,4H2,(H2,16,17)(H,18,21)(H,22,23)/t9-,10?/m0/s1. The van der Waals surface area contributed by atoms with E-state index in [2.05, 4.69) is 15.5 Å². The van der Waals surface area contributed by atoms with E-state index in [0.29, 0.717) is 0 Å². The summed E-state index contributed by atoms with van der Waals surface area (Å²) >= 11 is 1.000. The summed E-state index contributed by atoms with van der Waals surface area (Å²) in [6, 6.07) is 2.33. The molecule has 2 aromatic rings. The van der Waals surface area contributed by atoms with Gasteiger partial charge in [-0.25, -0.2) is 9.78 Å². The average Bonchev–Trinajstić information content (AvgIpc) is 3.02. The van der Waals surface area contributed by atoms with Crippen LogP contribution in [0.3, 0.4) is 0 Å². The SMILES string of the molecule is Nc1nc(C(N=O)C(=O)N[C@@H](Cc2cccc(C(=O)O)c2O)B(O)O)cs1. The Kier molecular flexibility index (Phi) is 6.44. The third-order valence-corrected chi connectivity index (χ3v) is 4.34. The average molecular weight is 394 g/mol. The molecule has 0 bridgehead atoms. The van der Waals surface area contributed by atoms with Gasteiger partial charge in [-0.3, -0.25) is 4.79 Å². The molecule has 11 nitrogen and oxygen atoms in total. The summed E-state index contributed by atoms with van der Waals surface area (Å²) in [6.45, 7) is 0. The van der Waals surface area contributed by atoms with Crippen molar-refractivity contribution in [1.82, 2.24) is 10.3 Å². The molecule has 27 heavy (non-hydrogen) atoms. The van der Waals surface area contributed by atoms with Crippen LogP contribution in [-0.4, -0.2) is 50.2 Å². The van der Waals surface area contributed by atoms with Crippen LogP contribution in [0.15, 0.2) is 28.8 Å². The Balaban J connectivity index is 2.21. The largest absolute Gasteiger partial charge is 0.507 e. The predicted octanol–water partition coefficient (Wildman–Crippen LogP) is -0.324. The second-order valence-electron chi connectivity index (χ2n) is 5.47. The number of anilines is 1. The molecule has 1 aromatic carbocycles. The normalized spacial score (nSPS) is 12.8. The van der Waals surface area contributed by atoms with E-state index < -0.39 is 36.7 Å². The van der Waals surface area contributed by atoms with Crippen LogP contribution >= 0.6 is 11.3 Å². The lowest BCUT2D eigenvalue weighted by molar-refractivity contribution is -0.122. The number of nitrogens with one attached hydrogen (secondary N) is 1. The van der Waals surface area contributed by atoms with E-state index in [4.69, 9.17) is 10.8 Å². The second-order valence-corrected chi connectivity index (χ2v) is 6.36. The molecule has 0 aliphatic heterocycles. The maximum absolute atomic E-state index is 12.3. The van der Waals surface area contributed by atoms with E-state index in [1.807, 2.05) is 0 Å². The molecule has 2 atom stereocenters. The number of aromatic carboxylic acids is 1. The number of rotatable bonds is 8. The maximum atomic E-state index is 12.3. The molecule has 0 saturated carbocycles. The molecule has 1 amide bonds. The Bertz CT molecular complexity index is 860. The zero-order chi connectivity index (χ0) is 20.1. The van der Waals surface area contributed by atoms with Crippen LogP contribution < -0.4 is 11.1 Å². The number of nitrogens with two attached hydrogens (primary N) is 1. The molecule has 1 unspecified atom stereocenters. The maximum Gasteiger partial charge on any atom is 0.475 e. The molecule has 142 valence electrons. The number of carbonyl (C=O) groups is 2. The number of carboxylic acid groups (broad SMARTS) is 1. The summed E-state index contributed by atoms with van der Waals surface area (Å²) in [5.74, 6) is -4.25. The molecular weight excluding hydrogens is 379 g/mol. The number of carboxylic acids is 1. The van der Waals surface area contributed by atoms with Crippen LogP contribution in [-0.2, 0) is 11.2 Å². The molecule has 2 rings (SSSR count). The Morgan fingerprint density at radius 3 is 2.59 bits per heavy atom. The molecule has 1 heterocycles. The number of phenols is 1. The Hall–Kier alpha value is -3.03. The molecule has 0 radical (unpaired) electrons. The van der Waals surface area contributed by atoms with Crippen LogP contribution in [0.4, 0.5) is 5.13 Å². The summed E-state index contributed by atoms with van der Waals surface area (Å²) in [5, 5.41) is 44.5. The number of aromatic hydroxyl groups is 1. The number of nitrogen functional groups attached to an aromatic ring is 1. The van der Waals surface area contributed by atoms with Crippen molar-refractivity contribution >= 4 is 35.5 Å². The fourth-order valence-electron chi connectivity index (χ4n) is 2.32. The number of hydrogen-bond acceptors (Lipinski definition) is 10. The van der Waals surface area contributed by atoms with Crippen molar-refractivity contribution in [3.63, 3.8) is 0 Å². The molecule has 1 aromatic heterocycles. The fraction of sp³-hybridized carbons (Fsp3) is 0.214. The number of hydrogen-bond donors (Lipinski definition) is 6. The topological polar surface area (TPSA) is 195 Å². The molecule has 0 aliphatic carbocycles. The molecule has 0 aliphatic rings. The van der Waals surface area contributed by atoms with Gasteiger partial charge in [-0.2, -0.15) is 0 Å². The van der Waals surface area contributed by atoms with Gasteiger partial charge in [0.1, 0.15) is 11.3 Å². The lowest BCUT2D eigenvalue weighted by atomic mass is 9.75. The molecule has 7 N–H and O–H groups in total. The van der Waals surface area contributed by atoms with Gasteiger partial charge in [0.25, 0.3) is 5.91 Å². The third kappa shape index (κ3) is 4.78. The third-order valence-electron chi connectivity index (χ3n) is 3.65. The van der Waals surface area contributed by atoms with Crippen molar-refractivity contribution in [3.8, 4) is 5.75 Å². The fourth-order valence-corrected chi connectivity index (χ4v) is 2.90. The highest BCUT2D eigenvalue weighted by atomic mass is 32.1. The van der Waals surface area contributed by atoms with Crippen molar-refractivity contribution < 1.29 is 29.9 Å². The van der Waals surface area contributed by atoms with Gasteiger partial charge >= 0.3 is 13.1 Å².